The number of carbonyl (C=O) groups is 4. The van der Waals surface area contributed by atoms with E-state index in [-0.39, 0.29) is 67.6 Å². The zero-order valence-electron chi connectivity index (χ0n) is 25.7. The molecule has 2 fully saturated rings. The van der Waals surface area contributed by atoms with E-state index >= 15 is 0 Å². The van der Waals surface area contributed by atoms with Gasteiger partial charge in [-0.3, -0.25) is 19.3 Å². The van der Waals surface area contributed by atoms with E-state index in [1.807, 2.05) is 24.3 Å². The Balaban J connectivity index is 1.30. The molecule has 2 bridgehead atoms. The van der Waals surface area contributed by atoms with Crippen LogP contribution in [0.15, 0.2) is 42.5 Å². The van der Waals surface area contributed by atoms with E-state index < -0.39 is 29.7 Å². The molecule has 0 spiro atoms. The summed E-state index contributed by atoms with van der Waals surface area (Å²) in [4.78, 5) is 55.4. The highest BCUT2D eigenvalue weighted by Gasteiger charge is 2.42. The largest absolute Gasteiger partial charge is 0.493 e. The van der Waals surface area contributed by atoms with E-state index in [9.17, 15) is 24.3 Å². The van der Waals surface area contributed by atoms with Crippen molar-refractivity contribution in [2.24, 2.45) is 0 Å². The van der Waals surface area contributed by atoms with Gasteiger partial charge in [0.25, 0.3) is 11.8 Å². The number of benzene rings is 2. The van der Waals surface area contributed by atoms with Crippen LogP contribution in [0.4, 0.5) is 4.79 Å². The molecule has 44 heavy (non-hydrogen) atoms. The van der Waals surface area contributed by atoms with Gasteiger partial charge in [-0.2, -0.15) is 0 Å². The molecule has 3 unspecified atom stereocenters. The van der Waals surface area contributed by atoms with Gasteiger partial charge in [0.2, 0.25) is 0 Å². The molecule has 0 aliphatic carbocycles. The smallest absolute Gasteiger partial charge is 0.410 e. The van der Waals surface area contributed by atoms with Crippen LogP contribution in [0.5, 0.6) is 5.75 Å². The molecule has 3 heterocycles. The van der Waals surface area contributed by atoms with Gasteiger partial charge < -0.3 is 29.5 Å². The molecule has 0 saturated carbocycles. The molecular weight excluding hydrogens is 566 g/mol. The molecule has 236 valence electrons. The van der Waals surface area contributed by atoms with Crippen molar-refractivity contribution >= 4 is 23.7 Å². The number of nitrogens with one attached hydrogen (secondary N) is 1. The first-order valence-electron chi connectivity index (χ1n) is 15.2. The minimum atomic E-state index is -1.08. The van der Waals surface area contributed by atoms with E-state index in [2.05, 4.69) is 5.32 Å². The number of rotatable bonds is 7. The molecule has 0 aromatic heterocycles. The number of aliphatic hydroxyl groups is 1. The third-order valence-electron chi connectivity index (χ3n) is 8.17. The van der Waals surface area contributed by atoms with Crippen LogP contribution in [0.3, 0.4) is 0 Å². The van der Waals surface area contributed by atoms with Gasteiger partial charge in [-0.25, -0.2) is 4.79 Å². The maximum atomic E-state index is 13.5. The highest BCUT2D eigenvalue weighted by atomic mass is 16.6. The molecule has 5 rings (SSSR count). The van der Waals surface area contributed by atoms with Crippen molar-refractivity contribution in [2.75, 3.05) is 26.4 Å². The lowest BCUT2D eigenvalue weighted by Gasteiger charge is -2.45. The predicted octanol–water partition coefficient (Wildman–Crippen LogP) is 3.11. The Bertz CT molecular complexity index is 1400. The maximum Gasteiger partial charge on any atom is 0.410 e. The molecule has 2 aromatic rings. The summed E-state index contributed by atoms with van der Waals surface area (Å²) in [5.41, 5.74) is 1.86. The monoisotopic (exact) mass is 607 g/mol. The van der Waals surface area contributed by atoms with Gasteiger partial charge in [-0.05, 0) is 63.4 Å². The van der Waals surface area contributed by atoms with Crippen molar-refractivity contribution in [1.29, 1.82) is 0 Å². The zero-order chi connectivity index (χ0) is 31.6. The van der Waals surface area contributed by atoms with Crippen LogP contribution in [0.25, 0.3) is 0 Å². The molecular formula is C33H41N3O8. The summed E-state index contributed by atoms with van der Waals surface area (Å²) < 4.78 is 17.0. The minimum Gasteiger partial charge on any atom is -0.493 e. The van der Waals surface area contributed by atoms with E-state index in [0.29, 0.717) is 25.2 Å². The van der Waals surface area contributed by atoms with Crippen LogP contribution < -0.4 is 10.1 Å². The highest BCUT2D eigenvalue weighted by molar-refractivity contribution is 6.01. The van der Waals surface area contributed by atoms with Crippen LogP contribution in [0, 0.1) is 0 Å². The Hall–Kier alpha value is -3.96. The molecule has 11 nitrogen and oxygen atoms in total. The van der Waals surface area contributed by atoms with Crippen LogP contribution >= 0.6 is 0 Å². The number of aliphatic hydroxyl groups excluding tert-OH is 1. The number of amides is 3. The molecule has 3 aliphatic heterocycles. The quantitative estimate of drug-likeness (QED) is 0.491. The summed E-state index contributed by atoms with van der Waals surface area (Å²) in [7, 11) is 0. The Labute approximate surface area is 257 Å². The van der Waals surface area contributed by atoms with E-state index in [1.165, 1.54) is 11.0 Å². The number of fused-ring (bicyclic) bond motifs is 3. The van der Waals surface area contributed by atoms with E-state index in [0.717, 1.165) is 11.1 Å². The van der Waals surface area contributed by atoms with Crippen LogP contribution in [-0.4, -0.2) is 94.8 Å². The maximum absolute atomic E-state index is 13.5. The summed E-state index contributed by atoms with van der Waals surface area (Å²) in [5.74, 6) is -0.357. The van der Waals surface area contributed by atoms with Crippen LogP contribution in [0.2, 0.25) is 0 Å². The van der Waals surface area contributed by atoms with Crippen molar-refractivity contribution in [3.05, 3.63) is 64.7 Å². The van der Waals surface area contributed by atoms with Gasteiger partial charge in [-0.1, -0.05) is 24.3 Å². The SMILES string of the molecule is CCOc1cc(C(=O)N2C3COCC2CC(=O)C3)ccc1C(=O)NCC(O)[C@@H]1Cc2ccccc2CN1C(=O)OC(C)(C)C. The third kappa shape index (κ3) is 6.89. The molecule has 3 aliphatic rings. The second-order valence-corrected chi connectivity index (χ2v) is 12.6. The standard InChI is InChI=1S/C33H41N3O8/c1-5-43-29-13-21(31(40)36-23-14-25(37)15-24(36)19-42-18-23)10-11-26(29)30(39)34-16-28(38)27-12-20-8-6-7-9-22(20)17-35(27)32(41)44-33(2,3)4/h6-11,13,23-24,27-28,38H,5,12,14-19H2,1-4H3,(H,34,39)/t23?,24?,27-,28?/m0/s1. The molecule has 11 heteroatoms. The lowest BCUT2D eigenvalue weighted by Crippen LogP contribution is -2.59. The van der Waals surface area contributed by atoms with Gasteiger partial charge in [0.05, 0.1) is 49.6 Å². The van der Waals surface area contributed by atoms with E-state index in [1.54, 1.807) is 44.7 Å². The average molecular weight is 608 g/mol. The zero-order valence-corrected chi connectivity index (χ0v) is 25.7. The molecule has 2 aromatic carbocycles. The molecule has 2 N–H and O–H groups in total. The second-order valence-electron chi connectivity index (χ2n) is 12.6. The fourth-order valence-corrected chi connectivity index (χ4v) is 6.16. The Morgan fingerprint density at radius 3 is 2.39 bits per heavy atom. The number of ether oxygens (including phenoxy) is 3. The topological polar surface area (TPSA) is 135 Å². The number of ketones is 1. The van der Waals surface area contributed by atoms with Crippen molar-refractivity contribution in [2.45, 2.75) is 83.3 Å². The molecule has 3 amide bonds. The third-order valence-corrected chi connectivity index (χ3v) is 8.17. The Morgan fingerprint density at radius 2 is 1.73 bits per heavy atom. The first-order valence-corrected chi connectivity index (χ1v) is 15.2. The van der Waals surface area contributed by atoms with Gasteiger partial charge in [-0.15, -0.1) is 0 Å². The number of morpholine rings is 1. The van der Waals surface area contributed by atoms with Crippen molar-refractivity contribution in [3.8, 4) is 5.75 Å². The van der Waals surface area contributed by atoms with Crippen LogP contribution in [0.1, 0.15) is 72.4 Å². The van der Waals surface area contributed by atoms with Crippen molar-refractivity contribution < 1.29 is 38.5 Å². The number of Topliss-reactive ketones (excluding diaryl/α,β-unsaturated/α-hetero) is 1. The second kappa shape index (κ2) is 13.0. The first-order chi connectivity index (χ1) is 20.9. The summed E-state index contributed by atoms with van der Waals surface area (Å²) in [6, 6.07) is 11.2. The lowest BCUT2D eigenvalue weighted by atomic mass is 9.91. The number of carbonyl (C=O) groups excluding carboxylic acids is 4. The number of hydrogen-bond donors (Lipinski definition) is 2. The van der Waals surface area contributed by atoms with Crippen LogP contribution in [-0.2, 0) is 27.2 Å². The van der Waals surface area contributed by atoms with Crippen molar-refractivity contribution in [1.82, 2.24) is 15.1 Å². The number of piperidine rings is 1. The average Bonchev–Trinajstić information content (AvgIpc) is 2.97. The molecule has 2 saturated heterocycles. The van der Waals surface area contributed by atoms with Gasteiger partial charge in [0, 0.05) is 31.5 Å². The summed E-state index contributed by atoms with van der Waals surface area (Å²) >= 11 is 0. The minimum absolute atomic E-state index is 0.123. The lowest BCUT2D eigenvalue weighted by molar-refractivity contribution is -0.131. The van der Waals surface area contributed by atoms with E-state index in [4.69, 9.17) is 14.2 Å². The van der Waals surface area contributed by atoms with Gasteiger partial charge in [0.15, 0.2) is 0 Å². The fraction of sp³-hybridized carbons (Fsp3) is 0.515. The Morgan fingerprint density at radius 1 is 1.05 bits per heavy atom. The summed E-state index contributed by atoms with van der Waals surface area (Å²) in [6.07, 6.45) is -0.680. The first kappa shape index (κ1) is 31.5. The Kier molecular flexibility index (Phi) is 9.26. The van der Waals surface area contributed by atoms with Gasteiger partial charge >= 0.3 is 6.09 Å². The number of nitrogens with zero attached hydrogens (tertiary/aromatic N) is 2. The highest BCUT2D eigenvalue weighted by Crippen LogP contribution is 2.30. The van der Waals surface area contributed by atoms with Gasteiger partial charge in [0.1, 0.15) is 17.1 Å². The van der Waals surface area contributed by atoms with Crippen molar-refractivity contribution in [3.63, 3.8) is 0 Å². The molecule has 4 atom stereocenters. The number of hydrogen-bond acceptors (Lipinski definition) is 8. The predicted molar refractivity (Wildman–Crippen MR) is 160 cm³/mol. The summed E-state index contributed by atoms with van der Waals surface area (Å²) in [6.45, 7) is 8.20. The normalized spacial score (nSPS) is 22.1. The fourth-order valence-electron chi connectivity index (χ4n) is 6.16. The molecule has 0 radical (unpaired) electrons. The summed E-state index contributed by atoms with van der Waals surface area (Å²) in [5, 5.41) is 14.0.